The average Bonchev–Trinajstić information content (AvgIpc) is 3.45. The third kappa shape index (κ3) is 2.19. The van der Waals surface area contributed by atoms with Crippen LogP contribution in [-0.4, -0.2) is 18.5 Å². The van der Waals surface area contributed by atoms with Gasteiger partial charge in [-0.1, -0.05) is 42.5 Å². The highest BCUT2D eigenvalue weighted by molar-refractivity contribution is 6.09. The smallest absolute Gasteiger partial charge is 0.220 e. The predicted molar refractivity (Wildman–Crippen MR) is 133 cm³/mol. The molecule has 0 spiro atoms. The van der Waals surface area contributed by atoms with Crippen molar-refractivity contribution in [2.45, 2.75) is 19.9 Å². The third-order valence-corrected chi connectivity index (χ3v) is 6.57. The number of rotatable bonds is 2. The van der Waals surface area contributed by atoms with Crippen LogP contribution in [0, 0.1) is 0 Å². The number of aromatic nitrogens is 4. The number of benzene rings is 4. The van der Waals surface area contributed by atoms with Crippen molar-refractivity contribution in [1.82, 2.24) is 18.5 Å². The lowest BCUT2D eigenvalue weighted by Crippen LogP contribution is -2.00. The molecule has 7 aromatic rings. The molecule has 4 nitrogen and oxygen atoms in total. The molecule has 0 unspecified atom stereocenters. The Bertz CT molecular complexity index is 1810. The second-order valence-corrected chi connectivity index (χ2v) is 8.74. The number of nitrogens with zero attached hydrogens (tertiary/aromatic N) is 4. The van der Waals surface area contributed by atoms with Gasteiger partial charge in [0.25, 0.3) is 0 Å². The minimum atomic E-state index is 0.389. The van der Waals surface area contributed by atoms with Crippen molar-refractivity contribution in [2.75, 3.05) is 0 Å². The van der Waals surface area contributed by atoms with Gasteiger partial charge in [0.05, 0.1) is 22.1 Å². The topological polar surface area (TPSA) is 27.2 Å². The molecule has 0 atom stereocenters. The van der Waals surface area contributed by atoms with E-state index in [1.807, 2.05) is 6.07 Å². The minimum Gasteiger partial charge on any atom is -0.338 e. The molecule has 0 aliphatic rings. The summed E-state index contributed by atoms with van der Waals surface area (Å²) < 4.78 is 6.99. The first-order valence-electron chi connectivity index (χ1n) is 11.1. The highest BCUT2D eigenvalue weighted by Gasteiger charge is 2.18. The first-order chi connectivity index (χ1) is 15.7. The summed E-state index contributed by atoms with van der Waals surface area (Å²) in [6.07, 6.45) is 0. The first kappa shape index (κ1) is 17.6. The maximum absolute atomic E-state index is 5.03. The van der Waals surface area contributed by atoms with Crippen molar-refractivity contribution in [1.29, 1.82) is 0 Å². The van der Waals surface area contributed by atoms with Crippen LogP contribution < -0.4 is 0 Å². The van der Waals surface area contributed by atoms with Crippen LogP contribution in [0.2, 0.25) is 0 Å². The molecule has 0 radical (unpaired) electrons. The van der Waals surface area contributed by atoms with Gasteiger partial charge in [0.15, 0.2) is 0 Å². The first-order valence-corrected chi connectivity index (χ1v) is 11.1. The molecule has 154 valence electrons. The van der Waals surface area contributed by atoms with E-state index < -0.39 is 0 Å². The summed E-state index contributed by atoms with van der Waals surface area (Å²) in [6, 6.07) is 32.8. The van der Waals surface area contributed by atoms with Gasteiger partial charge in [-0.15, -0.1) is 0 Å². The summed E-state index contributed by atoms with van der Waals surface area (Å²) in [6.45, 7) is 4.50. The molecule has 7 rings (SSSR count). The number of imidazole rings is 2. The normalized spacial score (nSPS) is 12.3. The molecule has 0 N–H and O–H groups in total. The zero-order valence-electron chi connectivity index (χ0n) is 18.0. The average molecular weight is 415 g/mol. The highest BCUT2D eigenvalue weighted by Crippen LogP contribution is 2.35. The van der Waals surface area contributed by atoms with Gasteiger partial charge in [-0.05, 0) is 62.4 Å². The van der Waals surface area contributed by atoms with Gasteiger partial charge in [0.1, 0.15) is 0 Å². The van der Waals surface area contributed by atoms with E-state index in [-0.39, 0.29) is 0 Å². The summed E-state index contributed by atoms with van der Waals surface area (Å²) in [7, 11) is 0. The van der Waals surface area contributed by atoms with Gasteiger partial charge in [0.2, 0.25) is 5.78 Å². The molecule has 0 fully saturated rings. The van der Waals surface area contributed by atoms with Crippen LogP contribution in [0.25, 0.3) is 55.3 Å². The quantitative estimate of drug-likeness (QED) is 0.296. The zero-order valence-corrected chi connectivity index (χ0v) is 18.0. The molecule has 3 heterocycles. The molecule has 32 heavy (non-hydrogen) atoms. The van der Waals surface area contributed by atoms with Crippen LogP contribution in [0.1, 0.15) is 19.9 Å². The number of para-hydroxylation sites is 5. The second kappa shape index (κ2) is 6.24. The summed E-state index contributed by atoms with van der Waals surface area (Å²) >= 11 is 0. The van der Waals surface area contributed by atoms with E-state index in [0.717, 1.165) is 28.0 Å². The lowest BCUT2D eigenvalue weighted by atomic mass is 10.1. The lowest BCUT2D eigenvalue weighted by Gasteiger charge is -2.12. The van der Waals surface area contributed by atoms with Crippen LogP contribution in [-0.2, 0) is 0 Å². The van der Waals surface area contributed by atoms with Crippen molar-refractivity contribution in [2.24, 2.45) is 0 Å². The second-order valence-electron chi connectivity index (χ2n) is 8.74. The Morgan fingerprint density at radius 1 is 0.625 bits per heavy atom. The lowest BCUT2D eigenvalue weighted by molar-refractivity contribution is 0.642. The summed E-state index contributed by atoms with van der Waals surface area (Å²) in [5.74, 6) is 0.944. The van der Waals surface area contributed by atoms with Gasteiger partial charge >= 0.3 is 0 Å². The Labute approximate surface area is 184 Å². The predicted octanol–water partition coefficient (Wildman–Crippen LogP) is 7.12. The van der Waals surface area contributed by atoms with Crippen molar-refractivity contribution in [3.8, 4) is 5.69 Å². The van der Waals surface area contributed by atoms with Crippen LogP contribution in [0.3, 0.4) is 0 Å². The Morgan fingerprint density at radius 3 is 2.09 bits per heavy atom. The largest absolute Gasteiger partial charge is 0.338 e. The van der Waals surface area contributed by atoms with E-state index in [4.69, 9.17) is 4.98 Å². The van der Waals surface area contributed by atoms with Crippen LogP contribution in [0.5, 0.6) is 0 Å². The Hall–Kier alpha value is -4.05. The number of fused-ring (bicyclic) bond motifs is 8. The Morgan fingerprint density at radius 2 is 1.28 bits per heavy atom. The molecule has 3 aromatic heterocycles. The van der Waals surface area contributed by atoms with Gasteiger partial charge in [0, 0.05) is 33.5 Å². The fourth-order valence-electron chi connectivity index (χ4n) is 5.29. The molecule has 0 bridgehead atoms. The molecule has 0 saturated carbocycles. The third-order valence-electron chi connectivity index (χ3n) is 6.57. The van der Waals surface area contributed by atoms with Gasteiger partial charge in [-0.2, -0.15) is 0 Å². The minimum absolute atomic E-state index is 0.389. The standard InChI is InChI=1S/C28H22N4/c1-18(2)30-23-11-5-3-9-20(23)21-17-19(15-16-24(21)30)31-26-13-7-8-14-27(26)32-25-12-6-4-10-22(25)29-28(31)32/h3-18H,1-2H3. The molecule has 4 heteroatoms. The van der Waals surface area contributed by atoms with E-state index in [0.29, 0.717) is 6.04 Å². The van der Waals surface area contributed by atoms with Crippen molar-refractivity contribution >= 4 is 49.7 Å². The SMILES string of the molecule is CC(C)n1c2ccccc2c2cc(-n3c4ccccc4n4c5ccccc5nc34)ccc21. The fraction of sp³-hybridized carbons (Fsp3) is 0.107. The van der Waals surface area contributed by atoms with E-state index in [2.05, 4.69) is 112 Å². The highest BCUT2D eigenvalue weighted by atomic mass is 15.2. The van der Waals surface area contributed by atoms with Crippen LogP contribution in [0.15, 0.2) is 91.0 Å². The Kier molecular flexibility index (Phi) is 3.43. The van der Waals surface area contributed by atoms with E-state index in [9.17, 15) is 0 Å². The fourth-order valence-corrected chi connectivity index (χ4v) is 5.29. The number of hydrogen-bond acceptors (Lipinski definition) is 1. The van der Waals surface area contributed by atoms with Gasteiger partial charge in [-0.25, -0.2) is 4.98 Å². The van der Waals surface area contributed by atoms with Gasteiger partial charge < -0.3 is 4.57 Å². The Balaban J connectivity index is 1.63. The molecule has 4 aromatic carbocycles. The number of hydrogen-bond donors (Lipinski definition) is 0. The van der Waals surface area contributed by atoms with E-state index in [1.165, 1.54) is 27.3 Å². The van der Waals surface area contributed by atoms with Crippen LogP contribution >= 0.6 is 0 Å². The maximum atomic E-state index is 5.03. The van der Waals surface area contributed by atoms with E-state index >= 15 is 0 Å². The summed E-state index contributed by atoms with van der Waals surface area (Å²) in [5.41, 5.74) is 8.16. The molecular formula is C28H22N4. The van der Waals surface area contributed by atoms with E-state index in [1.54, 1.807) is 0 Å². The van der Waals surface area contributed by atoms with Crippen LogP contribution in [0.4, 0.5) is 0 Å². The molecule has 0 saturated heterocycles. The maximum Gasteiger partial charge on any atom is 0.220 e. The monoisotopic (exact) mass is 414 g/mol. The van der Waals surface area contributed by atoms with Crippen molar-refractivity contribution < 1.29 is 0 Å². The van der Waals surface area contributed by atoms with Gasteiger partial charge in [-0.3, -0.25) is 8.97 Å². The molecule has 0 aliphatic carbocycles. The van der Waals surface area contributed by atoms with Crippen molar-refractivity contribution in [3.05, 3.63) is 91.0 Å². The summed E-state index contributed by atoms with van der Waals surface area (Å²) in [5, 5.41) is 2.57. The van der Waals surface area contributed by atoms with Crippen molar-refractivity contribution in [3.63, 3.8) is 0 Å². The zero-order chi connectivity index (χ0) is 21.4. The molecular weight excluding hydrogens is 392 g/mol. The summed E-state index contributed by atoms with van der Waals surface area (Å²) in [4.78, 5) is 5.03. The molecule has 0 aliphatic heterocycles. The molecule has 0 amide bonds.